The van der Waals surface area contributed by atoms with Gasteiger partial charge in [-0.05, 0) is 35.2 Å². The average molecular weight is 410 g/mol. The third kappa shape index (κ3) is 3.63. The lowest BCUT2D eigenvalue weighted by Gasteiger charge is -2.16. The number of carbonyl (C=O) groups is 3. The van der Waals surface area contributed by atoms with Crippen molar-refractivity contribution in [2.45, 2.75) is 12.8 Å². The second kappa shape index (κ2) is 7.84. The first-order valence-corrected chi connectivity index (χ1v) is 10.5. The highest BCUT2D eigenvalue weighted by molar-refractivity contribution is 6.22. The van der Waals surface area contributed by atoms with Gasteiger partial charge in [0.05, 0.1) is 5.92 Å². The molecule has 2 amide bonds. The number of hydrogen-bond donors (Lipinski definition) is 1. The van der Waals surface area contributed by atoms with Crippen molar-refractivity contribution in [3.05, 3.63) is 89.5 Å². The fraction of sp³-hybridized carbons (Fsp3) is 0.192. The van der Waals surface area contributed by atoms with Crippen molar-refractivity contribution >= 4 is 23.3 Å². The number of likely N-dealkylation sites (tertiary alicyclic amines) is 1. The average Bonchev–Trinajstić information content (AvgIpc) is 3.31. The second-order valence-corrected chi connectivity index (χ2v) is 8.10. The lowest BCUT2D eigenvalue weighted by Crippen LogP contribution is -2.30. The minimum Gasteiger partial charge on any atom is -0.342 e. The van der Waals surface area contributed by atoms with Crippen LogP contribution in [0.1, 0.15) is 27.9 Å². The third-order valence-electron chi connectivity index (χ3n) is 6.09. The molecule has 0 spiro atoms. The summed E-state index contributed by atoms with van der Waals surface area (Å²) in [5.74, 6) is -0.580. The molecule has 0 radical (unpaired) electrons. The molecule has 2 aliphatic rings. The standard InChI is InChI=1S/C26H22N2O3/c29-24-14-18(16-28(24)13-12-17-6-2-1-3-7-17)26(31)27-19-10-11-21-20-8-4-5-9-22(20)25(30)23(21)15-19/h1-11,15,18H,12-14,16H2,(H,27,31). The Morgan fingerprint density at radius 2 is 1.58 bits per heavy atom. The molecule has 5 heteroatoms. The lowest BCUT2D eigenvalue weighted by molar-refractivity contribution is -0.128. The maximum Gasteiger partial charge on any atom is 0.229 e. The Balaban J connectivity index is 1.24. The van der Waals surface area contributed by atoms with E-state index >= 15 is 0 Å². The van der Waals surface area contributed by atoms with Crippen LogP contribution in [0, 0.1) is 5.92 Å². The molecule has 0 aromatic heterocycles. The van der Waals surface area contributed by atoms with Gasteiger partial charge in [-0.15, -0.1) is 0 Å². The summed E-state index contributed by atoms with van der Waals surface area (Å²) in [5, 5.41) is 2.91. The van der Waals surface area contributed by atoms with Crippen LogP contribution in [0.25, 0.3) is 11.1 Å². The maximum atomic E-state index is 12.8. The van der Waals surface area contributed by atoms with E-state index in [2.05, 4.69) is 5.32 Å². The number of fused-ring (bicyclic) bond motifs is 3. The molecule has 154 valence electrons. The predicted molar refractivity (Wildman–Crippen MR) is 119 cm³/mol. The molecule has 5 rings (SSSR count). The molecule has 1 saturated heterocycles. The number of benzene rings is 3. The van der Waals surface area contributed by atoms with E-state index in [1.54, 1.807) is 11.0 Å². The molecule has 1 aliphatic carbocycles. The van der Waals surface area contributed by atoms with Crippen molar-refractivity contribution < 1.29 is 14.4 Å². The monoisotopic (exact) mass is 410 g/mol. The summed E-state index contributed by atoms with van der Waals surface area (Å²) < 4.78 is 0. The van der Waals surface area contributed by atoms with Crippen LogP contribution in [-0.2, 0) is 16.0 Å². The van der Waals surface area contributed by atoms with Crippen LogP contribution in [0.5, 0.6) is 0 Å². The Bertz CT molecular complexity index is 1190. The number of hydrogen-bond acceptors (Lipinski definition) is 3. The van der Waals surface area contributed by atoms with Crippen LogP contribution in [0.15, 0.2) is 72.8 Å². The molecular weight excluding hydrogens is 388 g/mol. The number of rotatable bonds is 5. The van der Waals surface area contributed by atoms with Gasteiger partial charge in [0.2, 0.25) is 11.8 Å². The van der Waals surface area contributed by atoms with E-state index in [-0.39, 0.29) is 29.9 Å². The largest absolute Gasteiger partial charge is 0.342 e. The van der Waals surface area contributed by atoms with Crippen LogP contribution in [0.4, 0.5) is 5.69 Å². The van der Waals surface area contributed by atoms with Gasteiger partial charge in [-0.1, -0.05) is 60.7 Å². The molecule has 1 fully saturated rings. The van der Waals surface area contributed by atoms with Gasteiger partial charge in [0.1, 0.15) is 0 Å². The lowest BCUT2D eigenvalue weighted by atomic mass is 10.0. The molecule has 1 N–H and O–H groups in total. The summed E-state index contributed by atoms with van der Waals surface area (Å²) in [6, 6.07) is 23.0. The third-order valence-corrected chi connectivity index (χ3v) is 6.09. The van der Waals surface area contributed by atoms with Gasteiger partial charge in [-0.3, -0.25) is 14.4 Å². The molecule has 1 heterocycles. The van der Waals surface area contributed by atoms with E-state index in [1.165, 1.54) is 5.56 Å². The summed E-state index contributed by atoms with van der Waals surface area (Å²) in [6.07, 6.45) is 0.990. The van der Waals surface area contributed by atoms with Crippen molar-refractivity contribution in [1.82, 2.24) is 4.90 Å². The quantitative estimate of drug-likeness (QED) is 0.542. The molecule has 0 saturated carbocycles. The van der Waals surface area contributed by atoms with Crippen LogP contribution >= 0.6 is 0 Å². The van der Waals surface area contributed by atoms with E-state index in [4.69, 9.17) is 0 Å². The Labute approximate surface area is 180 Å². The number of ketones is 1. The highest BCUT2D eigenvalue weighted by Gasteiger charge is 2.34. The van der Waals surface area contributed by atoms with Gasteiger partial charge >= 0.3 is 0 Å². The maximum absolute atomic E-state index is 12.8. The summed E-state index contributed by atoms with van der Waals surface area (Å²) in [4.78, 5) is 39.6. The smallest absolute Gasteiger partial charge is 0.229 e. The highest BCUT2D eigenvalue weighted by atomic mass is 16.2. The first-order chi connectivity index (χ1) is 15.1. The van der Waals surface area contributed by atoms with Crippen molar-refractivity contribution in [1.29, 1.82) is 0 Å². The van der Waals surface area contributed by atoms with Gasteiger partial charge < -0.3 is 10.2 Å². The fourth-order valence-electron chi connectivity index (χ4n) is 4.42. The zero-order chi connectivity index (χ0) is 21.4. The van der Waals surface area contributed by atoms with Crippen molar-refractivity contribution in [3.8, 4) is 11.1 Å². The summed E-state index contributed by atoms with van der Waals surface area (Å²) in [5.41, 5.74) is 4.87. The molecule has 31 heavy (non-hydrogen) atoms. The molecule has 3 aromatic rings. The van der Waals surface area contributed by atoms with Gasteiger partial charge in [-0.2, -0.15) is 0 Å². The minimum atomic E-state index is -0.385. The van der Waals surface area contributed by atoms with Crippen LogP contribution in [0.3, 0.4) is 0 Å². The first-order valence-electron chi connectivity index (χ1n) is 10.5. The summed E-state index contributed by atoms with van der Waals surface area (Å²) in [6.45, 7) is 1.03. The molecule has 1 unspecified atom stereocenters. The Morgan fingerprint density at radius 1 is 0.871 bits per heavy atom. The zero-order valence-electron chi connectivity index (χ0n) is 17.0. The van der Waals surface area contributed by atoms with E-state index in [1.807, 2.05) is 66.7 Å². The van der Waals surface area contributed by atoms with Crippen LogP contribution in [-0.4, -0.2) is 35.6 Å². The number of nitrogens with one attached hydrogen (secondary N) is 1. The molecule has 1 aliphatic heterocycles. The fourth-order valence-corrected chi connectivity index (χ4v) is 4.42. The van der Waals surface area contributed by atoms with Gasteiger partial charge in [0.25, 0.3) is 0 Å². The van der Waals surface area contributed by atoms with Crippen LogP contribution < -0.4 is 5.32 Å². The van der Waals surface area contributed by atoms with E-state index in [0.29, 0.717) is 29.9 Å². The highest BCUT2D eigenvalue weighted by Crippen LogP contribution is 2.37. The molecule has 3 aromatic carbocycles. The molecule has 0 bridgehead atoms. The van der Waals surface area contributed by atoms with E-state index in [0.717, 1.165) is 17.5 Å². The minimum absolute atomic E-state index is 0.00987. The molecule has 1 atom stereocenters. The van der Waals surface area contributed by atoms with Gasteiger partial charge in [0.15, 0.2) is 5.78 Å². The van der Waals surface area contributed by atoms with Gasteiger partial charge in [-0.25, -0.2) is 0 Å². The Morgan fingerprint density at radius 3 is 2.39 bits per heavy atom. The van der Waals surface area contributed by atoms with Crippen LogP contribution in [0.2, 0.25) is 0 Å². The Kier molecular flexibility index (Phi) is 4.86. The van der Waals surface area contributed by atoms with Gasteiger partial charge in [0, 0.05) is 36.3 Å². The van der Waals surface area contributed by atoms with Crippen molar-refractivity contribution in [2.24, 2.45) is 5.92 Å². The SMILES string of the molecule is O=C1c2ccccc2-c2ccc(NC(=O)C3CC(=O)N(CCc4ccccc4)C3)cc21. The number of amides is 2. The number of nitrogens with zero attached hydrogens (tertiary/aromatic N) is 1. The second-order valence-electron chi connectivity index (χ2n) is 8.10. The summed E-state index contributed by atoms with van der Waals surface area (Å²) >= 11 is 0. The first kappa shape index (κ1) is 19.2. The normalized spacial score (nSPS) is 16.9. The van der Waals surface area contributed by atoms with Crippen molar-refractivity contribution in [2.75, 3.05) is 18.4 Å². The van der Waals surface area contributed by atoms with E-state index in [9.17, 15) is 14.4 Å². The number of anilines is 1. The summed E-state index contributed by atoms with van der Waals surface area (Å²) in [7, 11) is 0. The molecular formula is C26H22N2O3. The molecule has 5 nitrogen and oxygen atoms in total. The zero-order valence-corrected chi connectivity index (χ0v) is 17.0. The predicted octanol–water partition coefficient (Wildman–Crippen LogP) is 3.93. The Hall–Kier alpha value is -3.73. The van der Waals surface area contributed by atoms with E-state index < -0.39 is 0 Å². The van der Waals surface area contributed by atoms with Crippen molar-refractivity contribution in [3.63, 3.8) is 0 Å². The topological polar surface area (TPSA) is 66.5 Å². The number of carbonyl (C=O) groups excluding carboxylic acids is 3.